The summed E-state index contributed by atoms with van der Waals surface area (Å²) in [7, 11) is 0. The van der Waals surface area contributed by atoms with Gasteiger partial charge in [0.05, 0.1) is 12.5 Å². The Balaban J connectivity index is 1.79. The molecule has 0 aromatic heterocycles. The van der Waals surface area contributed by atoms with Crippen molar-refractivity contribution in [2.45, 2.75) is 51.5 Å². The van der Waals surface area contributed by atoms with E-state index in [1.165, 1.54) is 12.8 Å². The molecule has 0 heterocycles. The van der Waals surface area contributed by atoms with Crippen LogP contribution in [0.15, 0.2) is 0 Å². The number of rotatable bonds is 2. The van der Waals surface area contributed by atoms with Crippen LogP contribution >= 0.6 is 0 Å². The number of esters is 1. The first-order chi connectivity index (χ1) is 7.15. The third-order valence-electron chi connectivity index (χ3n) is 4.07. The topological polar surface area (TPSA) is 52.3 Å². The molecule has 3 nitrogen and oxygen atoms in total. The van der Waals surface area contributed by atoms with Gasteiger partial charge in [0, 0.05) is 6.04 Å². The van der Waals surface area contributed by atoms with Gasteiger partial charge in [0.2, 0.25) is 0 Å². The van der Waals surface area contributed by atoms with Crippen LogP contribution in [0.1, 0.15) is 45.4 Å². The van der Waals surface area contributed by atoms with E-state index in [-0.39, 0.29) is 11.9 Å². The second-order valence-corrected chi connectivity index (χ2v) is 5.19. The second kappa shape index (κ2) is 4.12. The van der Waals surface area contributed by atoms with Crippen molar-refractivity contribution in [2.24, 2.45) is 17.1 Å². The maximum Gasteiger partial charge on any atom is 0.308 e. The van der Waals surface area contributed by atoms with Gasteiger partial charge < -0.3 is 10.5 Å². The minimum Gasteiger partial charge on any atom is -0.466 e. The number of nitrogens with two attached hydrogens (primary N) is 1. The highest BCUT2D eigenvalue weighted by molar-refractivity contribution is 5.73. The van der Waals surface area contributed by atoms with Gasteiger partial charge in [0.15, 0.2) is 0 Å². The fourth-order valence-electron chi connectivity index (χ4n) is 3.07. The number of hydrogen-bond acceptors (Lipinski definition) is 3. The zero-order valence-electron chi connectivity index (χ0n) is 9.50. The predicted molar refractivity (Wildman–Crippen MR) is 58.2 cm³/mol. The van der Waals surface area contributed by atoms with Crippen LogP contribution in [0.4, 0.5) is 0 Å². The summed E-state index contributed by atoms with van der Waals surface area (Å²) in [6.45, 7) is 2.37. The molecule has 2 aliphatic carbocycles. The molecule has 2 aliphatic rings. The zero-order valence-corrected chi connectivity index (χ0v) is 9.50. The highest BCUT2D eigenvalue weighted by Gasteiger charge is 2.48. The van der Waals surface area contributed by atoms with E-state index in [4.69, 9.17) is 10.5 Å². The molecular weight excluding hydrogens is 190 g/mol. The van der Waals surface area contributed by atoms with Crippen molar-refractivity contribution >= 4 is 5.97 Å². The second-order valence-electron chi connectivity index (χ2n) is 5.19. The molecule has 0 amide bonds. The van der Waals surface area contributed by atoms with Crippen molar-refractivity contribution in [3.63, 3.8) is 0 Å². The summed E-state index contributed by atoms with van der Waals surface area (Å²) in [4.78, 5) is 11.5. The molecule has 15 heavy (non-hydrogen) atoms. The Labute approximate surface area is 91.4 Å². The summed E-state index contributed by atoms with van der Waals surface area (Å²) in [6, 6.07) is 0.400. The smallest absolute Gasteiger partial charge is 0.308 e. The van der Waals surface area contributed by atoms with Gasteiger partial charge in [-0.15, -0.1) is 0 Å². The molecule has 0 aliphatic heterocycles. The molecule has 2 N–H and O–H groups in total. The lowest BCUT2D eigenvalue weighted by atomic mass is 9.55. The third-order valence-corrected chi connectivity index (χ3v) is 4.07. The van der Waals surface area contributed by atoms with Gasteiger partial charge in [-0.25, -0.2) is 0 Å². The Morgan fingerprint density at radius 3 is 2.53 bits per heavy atom. The molecule has 0 saturated heterocycles. The van der Waals surface area contributed by atoms with E-state index >= 15 is 0 Å². The highest BCUT2D eigenvalue weighted by Crippen LogP contribution is 2.54. The van der Waals surface area contributed by atoms with E-state index in [1.54, 1.807) is 0 Å². The van der Waals surface area contributed by atoms with Gasteiger partial charge in [0.25, 0.3) is 0 Å². The summed E-state index contributed by atoms with van der Waals surface area (Å²) in [5.41, 5.74) is 6.34. The van der Waals surface area contributed by atoms with Crippen LogP contribution in [0.3, 0.4) is 0 Å². The van der Waals surface area contributed by atoms with Crippen molar-refractivity contribution in [3.8, 4) is 0 Å². The van der Waals surface area contributed by atoms with Gasteiger partial charge in [-0.1, -0.05) is 0 Å². The molecule has 2 fully saturated rings. The monoisotopic (exact) mass is 211 g/mol. The van der Waals surface area contributed by atoms with Crippen LogP contribution in [-0.4, -0.2) is 18.6 Å². The van der Waals surface area contributed by atoms with E-state index in [2.05, 4.69) is 0 Å². The van der Waals surface area contributed by atoms with Crippen LogP contribution in [0.5, 0.6) is 0 Å². The van der Waals surface area contributed by atoms with Crippen molar-refractivity contribution in [1.29, 1.82) is 0 Å². The van der Waals surface area contributed by atoms with Crippen LogP contribution in [0.25, 0.3) is 0 Å². The minimum absolute atomic E-state index is 0.0120. The summed E-state index contributed by atoms with van der Waals surface area (Å²) in [6.07, 6.45) is 6.77. The van der Waals surface area contributed by atoms with Crippen molar-refractivity contribution in [1.82, 2.24) is 0 Å². The van der Waals surface area contributed by atoms with Crippen LogP contribution in [0.2, 0.25) is 0 Å². The molecule has 3 heteroatoms. The molecule has 0 aromatic rings. The SMILES string of the molecule is CCOC(=O)C1CC2(CCC(N)CC2)C1. The first-order valence-corrected chi connectivity index (χ1v) is 6.07. The molecule has 0 unspecified atom stereocenters. The summed E-state index contributed by atoms with van der Waals surface area (Å²) in [5.74, 6) is 0.192. The van der Waals surface area contributed by atoms with Gasteiger partial charge in [-0.05, 0) is 50.9 Å². The normalized spacial score (nSPS) is 39.9. The average molecular weight is 211 g/mol. The molecule has 0 atom stereocenters. The van der Waals surface area contributed by atoms with Gasteiger partial charge >= 0.3 is 5.97 Å². The Kier molecular flexibility index (Phi) is 3.01. The molecule has 0 bridgehead atoms. The largest absolute Gasteiger partial charge is 0.466 e. The first-order valence-electron chi connectivity index (χ1n) is 6.07. The Morgan fingerprint density at radius 2 is 2.00 bits per heavy atom. The summed E-state index contributed by atoms with van der Waals surface area (Å²) >= 11 is 0. The number of hydrogen-bond donors (Lipinski definition) is 1. The first kappa shape index (κ1) is 10.9. The number of carbonyl (C=O) groups excluding carboxylic acids is 1. The van der Waals surface area contributed by atoms with Crippen LogP contribution in [-0.2, 0) is 9.53 Å². The summed E-state index contributed by atoms with van der Waals surface area (Å²) in [5, 5.41) is 0. The fraction of sp³-hybridized carbons (Fsp3) is 0.917. The number of ether oxygens (including phenoxy) is 1. The Hall–Kier alpha value is -0.570. The number of carbonyl (C=O) groups is 1. The minimum atomic E-state index is 0.0120. The molecular formula is C12H21NO2. The lowest BCUT2D eigenvalue weighted by Gasteiger charge is -2.50. The predicted octanol–water partition coefficient (Wildman–Crippen LogP) is 1.85. The van der Waals surface area contributed by atoms with Crippen molar-refractivity contribution < 1.29 is 9.53 Å². The lowest BCUT2D eigenvalue weighted by Crippen LogP contribution is -2.46. The van der Waals surface area contributed by atoms with E-state index in [0.29, 0.717) is 18.1 Å². The van der Waals surface area contributed by atoms with Gasteiger partial charge in [0.1, 0.15) is 0 Å². The van der Waals surface area contributed by atoms with E-state index in [0.717, 1.165) is 25.7 Å². The quantitative estimate of drug-likeness (QED) is 0.709. The molecule has 86 valence electrons. The molecule has 0 aromatic carbocycles. The Morgan fingerprint density at radius 1 is 1.40 bits per heavy atom. The van der Waals surface area contributed by atoms with Gasteiger partial charge in [-0.2, -0.15) is 0 Å². The van der Waals surface area contributed by atoms with E-state index in [1.807, 2.05) is 6.92 Å². The Bertz CT molecular complexity index is 236. The van der Waals surface area contributed by atoms with E-state index < -0.39 is 0 Å². The maximum absolute atomic E-state index is 11.5. The highest BCUT2D eigenvalue weighted by atomic mass is 16.5. The van der Waals surface area contributed by atoms with Gasteiger partial charge in [-0.3, -0.25) is 4.79 Å². The molecule has 1 spiro atoms. The third kappa shape index (κ3) is 2.17. The lowest BCUT2D eigenvalue weighted by molar-refractivity contribution is -0.158. The standard InChI is InChI=1S/C12H21NO2/c1-2-15-11(14)9-7-12(8-9)5-3-10(13)4-6-12/h9-10H,2-8,13H2,1H3. The van der Waals surface area contributed by atoms with Crippen LogP contribution < -0.4 is 5.73 Å². The zero-order chi connectivity index (χ0) is 10.9. The molecule has 0 radical (unpaired) electrons. The maximum atomic E-state index is 11.5. The van der Waals surface area contributed by atoms with Crippen molar-refractivity contribution in [2.75, 3.05) is 6.61 Å². The molecule has 2 saturated carbocycles. The van der Waals surface area contributed by atoms with Crippen molar-refractivity contribution in [3.05, 3.63) is 0 Å². The van der Waals surface area contributed by atoms with Crippen LogP contribution in [0, 0.1) is 11.3 Å². The average Bonchev–Trinajstić information content (AvgIpc) is 2.16. The summed E-state index contributed by atoms with van der Waals surface area (Å²) < 4.78 is 5.04. The molecule has 2 rings (SSSR count). The van der Waals surface area contributed by atoms with E-state index in [9.17, 15) is 4.79 Å². The fourth-order valence-corrected chi connectivity index (χ4v) is 3.07.